The van der Waals surface area contributed by atoms with Crippen LogP contribution in [0.2, 0.25) is 0 Å². The van der Waals surface area contributed by atoms with Gasteiger partial charge in [0.1, 0.15) is 0 Å². The van der Waals surface area contributed by atoms with Gasteiger partial charge < -0.3 is 16.0 Å². The second-order valence-electron chi connectivity index (χ2n) is 3.45. The van der Waals surface area contributed by atoms with Crippen molar-refractivity contribution in [3.63, 3.8) is 0 Å². The van der Waals surface area contributed by atoms with Gasteiger partial charge in [0.15, 0.2) is 5.11 Å². The summed E-state index contributed by atoms with van der Waals surface area (Å²) >= 11 is 4.60. The van der Waals surface area contributed by atoms with Crippen molar-refractivity contribution < 1.29 is 4.79 Å². The van der Waals surface area contributed by atoms with Crippen molar-refractivity contribution in [2.45, 2.75) is 12.8 Å². The smallest absolute Gasteiger partial charge is 0.230 e. The first-order valence-electron chi connectivity index (χ1n) is 4.38. The molecule has 1 amide bonds. The molecule has 1 unspecified atom stereocenters. The fourth-order valence-electron chi connectivity index (χ4n) is 1.60. The van der Waals surface area contributed by atoms with Crippen LogP contribution >= 0.6 is 12.2 Å². The zero-order valence-corrected chi connectivity index (χ0v) is 8.56. The highest BCUT2D eigenvalue weighted by atomic mass is 32.1. The Bertz CT molecular complexity index is 219. The molecule has 0 bridgehead atoms. The van der Waals surface area contributed by atoms with Gasteiger partial charge in [0.2, 0.25) is 5.91 Å². The third kappa shape index (κ3) is 3.28. The van der Waals surface area contributed by atoms with Crippen LogP contribution in [-0.2, 0) is 4.79 Å². The van der Waals surface area contributed by atoms with Gasteiger partial charge in [-0.1, -0.05) is 0 Å². The molecule has 1 atom stereocenters. The lowest BCUT2D eigenvalue weighted by molar-refractivity contribution is -0.125. The molecule has 1 aliphatic rings. The molecule has 1 saturated heterocycles. The maximum Gasteiger partial charge on any atom is 0.230 e. The number of likely N-dealkylation sites (tertiary alicyclic amines) is 1. The van der Waals surface area contributed by atoms with E-state index in [2.05, 4.69) is 22.4 Å². The Labute approximate surface area is 83.5 Å². The monoisotopic (exact) mass is 201 g/mol. The van der Waals surface area contributed by atoms with Crippen molar-refractivity contribution in [2.75, 3.05) is 20.1 Å². The molecule has 4 nitrogen and oxygen atoms in total. The molecule has 74 valence electrons. The molecular weight excluding hydrogens is 186 g/mol. The molecule has 0 spiro atoms. The number of carbonyl (C=O) groups is 1. The van der Waals surface area contributed by atoms with Crippen molar-refractivity contribution in [3.05, 3.63) is 0 Å². The molecule has 0 radical (unpaired) electrons. The van der Waals surface area contributed by atoms with Crippen LogP contribution in [0.15, 0.2) is 0 Å². The van der Waals surface area contributed by atoms with Crippen LogP contribution in [0, 0.1) is 5.92 Å². The molecule has 0 aromatic rings. The summed E-state index contributed by atoms with van der Waals surface area (Å²) < 4.78 is 0. The standard InChI is InChI=1S/C8H15N3OS/c1-11-4-2-3-6(5-11)7(12)10-8(9)13/h6H,2-5H2,1H3,(H3,9,10,12,13). The fraction of sp³-hybridized carbons (Fsp3) is 0.750. The minimum Gasteiger partial charge on any atom is -0.376 e. The van der Waals surface area contributed by atoms with E-state index in [1.54, 1.807) is 0 Å². The summed E-state index contributed by atoms with van der Waals surface area (Å²) in [5, 5.41) is 2.54. The van der Waals surface area contributed by atoms with E-state index in [1.165, 1.54) is 0 Å². The van der Waals surface area contributed by atoms with Crippen LogP contribution < -0.4 is 11.1 Å². The normalized spacial score (nSPS) is 23.9. The van der Waals surface area contributed by atoms with E-state index < -0.39 is 0 Å². The summed E-state index contributed by atoms with van der Waals surface area (Å²) in [6.45, 7) is 1.87. The highest BCUT2D eigenvalue weighted by molar-refractivity contribution is 7.80. The van der Waals surface area contributed by atoms with Crippen molar-refractivity contribution in [3.8, 4) is 0 Å². The second-order valence-corrected chi connectivity index (χ2v) is 3.89. The lowest BCUT2D eigenvalue weighted by Gasteiger charge is -2.28. The van der Waals surface area contributed by atoms with E-state index in [0.29, 0.717) is 0 Å². The third-order valence-corrected chi connectivity index (χ3v) is 2.34. The first-order chi connectivity index (χ1) is 6.09. The van der Waals surface area contributed by atoms with Crippen LogP contribution in [-0.4, -0.2) is 36.1 Å². The largest absolute Gasteiger partial charge is 0.376 e. The van der Waals surface area contributed by atoms with Crippen LogP contribution in [0.3, 0.4) is 0 Å². The Morgan fingerprint density at radius 1 is 1.69 bits per heavy atom. The number of piperidine rings is 1. The van der Waals surface area contributed by atoms with E-state index in [4.69, 9.17) is 5.73 Å². The molecule has 0 aromatic heterocycles. The summed E-state index contributed by atoms with van der Waals surface area (Å²) in [4.78, 5) is 13.6. The third-order valence-electron chi connectivity index (χ3n) is 2.24. The molecule has 3 N–H and O–H groups in total. The van der Waals surface area contributed by atoms with Gasteiger partial charge in [-0.15, -0.1) is 0 Å². The summed E-state index contributed by atoms with van der Waals surface area (Å²) in [5.74, 6) is -0.000648. The molecule has 0 saturated carbocycles. The van der Waals surface area contributed by atoms with Crippen molar-refractivity contribution in [1.29, 1.82) is 0 Å². The number of nitrogens with two attached hydrogens (primary N) is 1. The summed E-state index contributed by atoms with van der Waals surface area (Å²) in [7, 11) is 2.01. The van der Waals surface area contributed by atoms with Gasteiger partial charge in [0, 0.05) is 6.54 Å². The molecule has 1 heterocycles. The van der Waals surface area contributed by atoms with Crippen LogP contribution in [0.25, 0.3) is 0 Å². The average molecular weight is 201 g/mol. The van der Waals surface area contributed by atoms with Crippen LogP contribution in [0.5, 0.6) is 0 Å². The maximum absolute atomic E-state index is 11.4. The Kier molecular flexibility index (Phi) is 3.62. The molecular formula is C8H15N3OS. The predicted octanol–water partition coefficient (Wildman–Crippen LogP) is -0.312. The van der Waals surface area contributed by atoms with E-state index in [-0.39, 0.29) is 16.9 Å². The van der Waals surface area contributed by atoms with Gasteiger partial charge in [-0.2, -0.15) is 0 Å². The van der Waals surface area contributed by atoms with Crippen molar-refractivity contribution in [1.82, 2.24) is 10.2 Å². The summed E-state index contributed by atoms with van der Waals surface area (Å²) in [6, 6.07) is 0. The number of hydrogen-bond donors (Lipinski definition) is 2. The first kappa shape index (κ1) is 10.4. The maximum atomic E-state index is 11.4. The van der Waals surface area contributed by atoms with Crippen molar-refractivity contribution >= 4 is 23.2 Å². The molecule has 0 aliphatic carbocycles. The van der Waals surface area contributed by atoms with Gasteiger partial charge in [-0.05, 0) is 38.7 Å². The SMILES string of the molecule is CN1CCCC(C(=O)NC(N)=S)C1. The number of carbonyl (C=O) groups excluding carboxylic acids is 1. The van der Waals surface area contributed by atoms with Crippen LogP contribution in [0.1, 0.15) is 12.8 Å². The minimum absolute atomic E-state index is 0.0419. The Hall–Kier alpha value is -0.680. The quantitative estimate of drug-likeness (QED) is 0.571. The number of nitrogens with zero attached hydrogens (tertiary/aromatic N) is 1. The number of rotatable bonds is 1. The minimum atomic E-state index is -0.0425. The molecule has 0 aromatic carbocycles. The highest BCUT2D eigenvalue weighted by Crippen LogP contribution is 2.14. The first-order valence-corrected chi connectivity index (χ1v) is 4.79. The van der Waals surface area contributed by atoms with Gasteiger partial charge in [-0.25, -0.2) is 0 Å². The topological polar surface area (TPSA) is 58.4 Å². The lowest BCUT2D eigenvalue weighted by atomic mass is 9.98. The molecule has 1 fully saturated rings. The van der Waals surface area contributed by atoms with Gasteiger partial charge in [0.25, 0.3) is 0 Å². The Morgan fingerprint density at radius 2 is 2.38 bits per heavy atom. The second kappa shape index (κ2) is 4.53. The van der Waals surface area contributed by atoms with Crippen LogP contribution in [0.4, 0.5) is 0 Å². The Balaban J connectivity index is 2.41. The zero-order chi connectivity index (χ0) is 9.84. The Morgan fingerprint density at radius 3 is 2.92 bits per heavy atom. The van der Waals surface area contributed by atoms with Gasteiger partial charge in [-0.3, -0.25) is 4.79 Å². The molecule has 1 aliphatic heterocycles. The molecule has 1 rings (SSSR count). The lowest BCUT2D eigenvalue weighted by Crippen LogP contribution is -2.44. The molecule has 13 heavy (non-hydrogen) atoms. The summed E-state index contributed by atoms with van der Waals surface area (Å²) in [5.41, 5.74) is 5.22. The van der Waals surface area contributed by atoms with E-state index in [1.807, 2.05) is 7.05 Å². The highest BCUT2D eigenvalue weighted by Gasteiger charge is 2.23. The number of hydrogen-bond acceptors (Lipinski definition) is 3. The number of amides is 1. The molecule has 5 heteroatoms. The van der Waals surface area contributed by atoms with E-state index in [9.17, 15) is 4.79 Å². The fourth-order valence-corrected chi connectivity index (χ4v) is 1.70. The number of thiocarbonyl (C=S) groups is 1. The average Bonchev–Trinajstić information content (AvgIpc) is 2.03. The van der Waals surface area contributed by atoms with Crippen molar-refractivity contribution in [2.24, 2.45) is 11.7 Å². The summed E-state index contributed by atoms with van der Waals surface area (Å²) in [6.07, 6.45) is 1.99. The van der Waals surface area contributed by atoms with Gasteiger partial charge in [0.05, 0.1) is 5.92 Å². The number of nitrogens with one attached hydrogen (secondary N) is 1. The van der Waals surface area contributed by atoms with E-state index in [0.717, 1.165) is 25.9 Å². The zero-order valence-electron chi connectivity index (χ0n) is 7.75. The van der Waals surface area contributed by atoms with E-state index >= 15 is 0 Å². The predicted molar refractivity (Wildman–Crippen MR) is 55.1 cm³/mol. The van der Waals surface area contributed by atoms with Gasteiger partial charge >= 0.3 is 0 Å².